The number of morpholine rings is 1. The van der Waals surface area contributed by atoms with Gasteiger partial charge in [-0.2, -0.15) is 13.2 Å². The number of anilines is 1. The highest BCUT2D eigenvalue weighted by atomic mass is 19.4. The summed E-state index contributed by atoms with van der Waals surface area (Å²) in [5.41, 5.74) is -1.15. The van der Waals surface area contributed by atoms with Crippen LogP contribution in [0.5, 0.6) is 0 Å². The molecule has 0 bridgehead atoms. The van der Waals surface area contributed by atoms with Crippen molar-refractivity contribution < 1.29 is 32.4 Å². The Hall–Kier alpha value is -3.14. The summed E-state index contributed by atoms with van der Waals surface area (Å²) in [5, 5.41) is 11.4. The van der Waals surface area contributed by atoms with Crippen LogP contribution in [0.1, 0.15) is 21.5 Å². The molecule has 29 heavy (non-hydrogen) atoms. The summed E-state index contributed by atoms with van der Waals surface area (Å²) in [4.78, 5) is 24.9. The van der Waals surface area contributed by atoms with Crippen LogP contribution < -0.4 is 4.90 Å². The van der Waals surface area contributed by atoms with E-state index in [9.17, 15) is 28.1 Å². The molecule has 1 aliphatic heterocycles. The molecule has 0 unspecified atom stereocenters. The lowest BCUT2D eigenvalue weighted by atomic mass is 10.1. The van der Waals surface area contributed by atoms with Crippen molar-refractivity contribution in [3.63, 3.8) is 0 Å². The predicted molar refractivity (Wildman–Crippen MR) is 96.7 cm³/mol. The Morgan fingerprint density at radius 3 is 2.52 bits per heavy atom. The van der Waals surface area contributed by atoms with Gasteiger partial charge in [0.25, 0.3) is 5.69 Å². The van der Waals surface area contributed by atoms with Gasteiger partial charge in [0.1, 0.15) is 12.3 Å². The zero-order valence-electron chi connectivity index (χ0n) is 15.1. The molecule has 0 atom stereocenters. The molecule has 0 saturated carbocycles. The fourth-order valence-electron chi connectivity index (χ4n) is 3.02. The molecule has 2 aromatic carbocycles. The number of hydrogen-bond acceptors (Lipinski definition) is 6. The zero-order chi connectivity index (χ0) is 21.0. The second-order valence-electron chi connectivity index (χ2n) is 6.29. The van der Waals surface area contributed by atoms with Crippen LogP contribution in [-0.2, 0) is 22.3 Å². The molecule has 0 radical (unpaired) electrons. The minimum absolute atomic E-state index is 0.113. The number of nitro groups is 1. The fraction of sp³-hybridized carbons (Fsp3) is 0.316. The van der Waals surface area contributed by atoms with Gasteiger partial charge in [-0.25, -0.2) is 4.79 Å². The lowest BCUT2D eigenvalue weighted by molar-refractivity contribution is -0.384. The molecule has 1 fully saturated rings. The molecular formula is C19H17F3N2O5. The first-order valence-electron chi connectivity index (χ1n) is 8.70. The lowest BCUT2D eigenvalue weighted by Crippen LogP contribution is -2.36. The molecule has 1 saturated heterocycles. The van der Waals surface area contributed by atoms with Gasteiger partial charge in [-0.3, -0.25) is 10.1 Å². The van der Waals surface area contributed by atoms with Gasteiger partial charge >= 0.3 is 12.1 Å². The number of ether oxygens (including phenoxy) is 2. The van der Waals surface area contributed by atoms with Crippen LogP contribution >= 0.6 is 0 Å². The number of alkyl halides is 3. The summed E-state index contributed by atoms with van der Waals surface area (Å²) in [6.07, 6.45) is -4.58. The Morgan fingerprint density at radius 1 is 1.17 bits per heavy atom. The molecule has 0 amide bonds. The average Bonchev–Trinajstić information content (AvgIpc) is 2.71. The molecule has 0 aliphatic carbocycles. The van der Waals surface area contributed by atoms with E-state index in [1.54, 1.807) is 4.90 Å². The second-order valence-corrected chi connectivity index (χ2v) is 6.29. The molecule has 0 N–H and O–H groups in total. The van der Waals surface area contributed by atoms with Gasteiger partial charge in [0.2, 0.25) is 0 Å². The number of nitrogens with zero attached hydrogens (tertiary/aromatic N) is 2. The van der Waals surface area contributed by atoms with E-state index >= 15 is 0 Å². The third-order valence-corrected chi connectivity index (χ3v) is 4.44. The summed E-state index contributed by atoms with van der Waals surface area (Å²) in [6.45, 7) is 1.20. The quantitative estimate of drug-likeness (QED) is 0.424. The van der Waals surface area contributed by atoms with Gasteiger partial charge < -0.3 is 14.4 Å². The number of rotatable bonds is 5. The predicted octanol–water partition coefficient (Wildman–Crippen LogP) is 3.81. The molecule has 154 valence electrons. The average molecular weight is 410 g/mol. The normalized spacial score (nSPS) is 14.5. The van der Waals surface area contributed by atoms with Gasteiger partial charge in [0.05, 0.1) is 29.3 Å². The summed E-state index contributed by atoms with van der Waals surface area (Å²) < 4.78 is 49.3. The first kappa shape index (κ1) is 20.6. The molecular weight excluding hydrogens is 393 g/mol. The topological polar surface area (TPSA) is 81.9 Å². The van der Waals surface area contributed by atoms with Crippen LogP contribution in [0.25, 0.3) is 0 Å². The van der Waals surface area contributed by atoms with Crippen molar-refractivity contribution in [1.82, 2.24) is 0 Å². The number of esters is 1. The summed E-state index contributed by atoms with van der Waals surface area (Å²) >= 11 is 0. The van der Waals surface area contributed by atoms with Gasteiger partial charge in [-0.05, 0) is 18.2 Å². The summed E-state index contributed by atoms with van der Waals surface area (Å²) in [7, 11) is 0. The van der Waals surface area contributed by atoms with E-state index < -0.39 is 29.2 Å². The van der Waals surface area contributed by atoms with Gasteiger partial charge in [-0.1, -0.05) is 18.2 Å². The maximum absolute atomic E-state index is 13.0. The van der Waals surface area contributed by atoms with E-state index in [0.29, 0.717) is 32.0 Å². The number of carbonyl (C=O) groups excluding carboxylic acids is 1. The standard InChI is InChI=1S/C19H17F3N2O5/c20-19(21,22)15-4-2-1-3-14(15)12-29-18(25)13-5-6-16(17(11-13)24(26)27)23-7-9-28-10-8-23/h1-6,11H,7-10,12H2. The highest BCUT2D eigenvalue weighted by molar-refractivity contribution is 5.91. The highest BCUT2D eigenvalue weighted by Crippen LogP contribution is 2.33. The van der Waals surface area contributed by atoms with Crippen LogP contribution in [0.15, 0.2) is 42.5 Å². The number of halogens is 3. The van der Waals surface area contributed by atoms with Gasteiger partial charge in [-0.15, -0.1) is 0 Å². The van der Waals surface area contributed by atoms with Crippen LogP contribution in [-0.4, -0.2) is 37.2 Å². The minimum Gasteiger partial charge on any atom is -0.457 e. The largest absolute Gasteiger partial charge is 0.457 e. The monoisotopic (exact) mass is 410 g/mol. The summed E-state index contributed by atoms with van der Waals surface area (Å²) in [5.74, 6) is -0.946. The highest BCUT2D eigenvalue weighted by Gasteiger charge is 2.33. The van der Waals surface area contributed by atoms with Crippen LogP contribution in [0.3, 0.4) is 0 Å². The Kier molecular flexibility index (Phi) is 6.02. The fourth-order valence-corrected chi connectivity index (χ4v) is 3.02. The van der Waals surface area contributed by atoms with Crippen molar-refractivity contribution in [2.45, 2.75) is 12.8 Å². The number of carbonyl (C=O) groups is 1. The van der Waals surface area contributed by atoms with E-state index in [1.165, 1.54) is 30.3 Å². The molecule has 1 aliphatic rings. The van der Waals surface area contributed by atoms with Gasteiger partial charge in [0, 0.05) is 24.7 Å². The number of nitro benzene ring substituents is 1. The zero-order valence-corrected chi connectivity index (χ0v) is 15.1. The van der Waals surface area contributed by atoms with Crippen molar-refractivity contribution >= 4 is 17.3 Å². The third kappa shape index (κ3) is 4.83. The molecule has 0 spiro atoms. The molecule has 7 nitrogen and oxygen atoms in total. The Morgan fingerprint density at radius 2 is 1.86 bits per heavy atom. The molecule has 1 heterocycles. The second kappa shape index (κ2) is 8.48. The Labute approximate surface area is 163 Å². The van der Waals surface area contributed by atoms with Gasteiger partial charge in [0.15, 0.2) is 0 Å². The van der Waals surface area contributed by atoms with E-state index in [4.69, 9.17) is 9.47 Å². The van der Waals surface area contributed by atoms with Crippen molar-refractivity contribution in [3.8, 4) is 0 Å². The molecule has 3 rings (SSSR count). The first-order valence-corrected chi connectivity index (χ1v) is 8.70. The van der Waals surface area contributed by atoms with Crippen LogP contribution in [0.4, 0.5) is 24.5 Å². The van der Waals surface area contributed by atoms with E-state index in [1.807, 2.05) is 0 Å². The number of hydrogen-bond donors (Lipinski definition) is 0. The lowest BCUT2D eigenvalue weighted by Gasteiger charge is -2.28. The van der Waals surface area contributed by atoms with Crippen molar-refractivity contribution in [2.75, 3.05) is 31.2 Å². The SMILES string of the molecule is O=C(OCc1ccccc1C(F)(F)F)c1ccc(N2CCOCC2)c([N+](=O)[O-])c1. The van der Waals surface area contributed by atoms with E-state index in [2.05, 4.69) is 0 Å². The summed E-state index contributed by atoms with van der Waals surface area (Å²) in [6, 6.07) is 8.61. The Balaban J connectivity index is 1.78. The van der Waals surface area contributed by atoms with Crippen LogP contribution in [0.2, 0.25) is 0 Å². The number of benzene rings is 2. The van der Waals surface area contributed by atoms with Crippen molar-refractivity contribution in [3.05, 3.63) is 69.3 Å². The maximum atomic E-state index is 13.0. The molecule has 0 aromatic heterocycles. The maximum Gasteiger partial charge on any atom is 0.416 e. The minimum atomic E-state index is -4.58. The molecule has 2 aromatic rings. The smallest absolute Gasteiger partial charge is 0.416 e. The van der Waals surface area contributed by atoms with E-state index in [0.717, 1.165) is 12.1 Å². The third-order valence-electron chi connectivity index (χ3n) is 4.44. The molecule has 10 heteroatoms. The van der Waals surface area contributed by atoms with E-state index in [-0.39, 0.29) is 16.8 Å². The van der Waals surface area contributed by atoms with Crippen molar-refractivity contribution in [1.29, 1.82) is 0 Å². The van der Waals surface area contributed by atoms with Crippen molar-refractivity contribution in [2.24, 2.45) is 0 Å². The first-order chi connectivity index (χ1) is 13.8. The Bertz CT molecular complexity index is 911. The van der Waals surface area contributed by atoms with Crippen LogP contribution in [0, 0.1) is 10.1 Å².